The van der Waals surface area contributed by atoms with Crippen LogP contribution in [0.2, 0.25) is 0 Å². The highest BCUT2D eigenvalue weighted by molar-refractivity contribution is 14.0. The van der Waals surface area contributed by atoms with E-state index in [0.29, 0.717) is 18.5 Å². The molecule has 0 bridgehead atoms. The first-order chi connectivity index (χ1) is 9.08. The second kappa shape index (κ2) is 10.9. The summed E-state index contributed by atoms with van der Waals surface area (Å²) < 4.78 is 0. The lowest BCUT2D eigenvalue weighted by Crippen LogP contribution is -2.38. The van der Waals surface area contributed by atoms with Crippen molar-refractivity contribution in [2.75, 3.05) is 0 Å². The monoisotopic (exact) mass is 389 g/mol. The smallest absolute Gasteiger partial charge is 0.189 e. The van der Waals surface area contributed by atoms with Crippen LogP contribution in [-0.2, 0) is 6.54 Å². The van der Waals surface area contributed by atoms with Crippen molar-refractivity contribution in [3.8, 4) is 0 Å². The van der Waals surface area contributed by atoms with Crippen LogP contribution in [0.4, 0.5) is 0 Å². The first-order valence-electron chi connectivity index (χ1n) is 7.18. The van der Waals surface area contributed by atoms with Crippen LogP contribution >= 0.6 is 24.0 Å². The van der Waals surface area contributed by atoms with Gasteiger partial charge in [-0.15, -0.1) is 24.0 Å². The minimum Gasteiger partial charge on any atom is -0.370 e. The standard InChI is InChI=1S/C16H27N3.HI/c1-13(2)8-7-9-14(3)19-16(17)18-12-15-10-5-4-6-11-15;/h4-6,10-11,13-14H,7-9,12H2,1-3H3,(H3,17,18,19);1H. The van der Waals surface area contributed by atoms with E-state index in [4.69, 9.17) is 5.73 Å². The van der Waals surface area contributed by atoms with Gasteiger partial charge in [-0.25, -0.2) is 4.99 Å². The summed E-state index contributed by atoms with van der Waals surface area (Å²) in [6, 6.07) is 10.5. The number of benzene rings is 1. The Hall–Kier alpha value is -0.780. The molecular weight excluding hydrogens is 361 g/mol. The van der Waals surface area contributed by atoms with Gasteiger partial charge in [0.1, 0.15) is 0 Å². The van der Waals surface area contributed by atoms with Crippen LogP contribution in [0.3, 0.4) is 0 Å². The lowest BCUT2D eigenvalue weighted by Gasteiger charge is -2.15. The van der Waals surface area contributed by atoms with E-state index in [1.807, 2.05) is 18.2 Å². The molecule has 0 fully saturated rings. The average molecular weight is 389 g/mol. The minimum absolute atomic E-state index is 0. The van der Waals surface area contributed by atoms with E-state index in [0.717, 1.165) is 12.3 Å². The predicted molar refractivity (Wildman–Crippen MR) is 98.5 cm³/mol. The third kappa shape index (κ3) is 9.18. The zero-order valence-corrected chi connectivity index (χ0v) is 15.1. The molecule has 0 radical (unpaired) electrons. The molecule has 1 unspecified atom stereocenters. The Kier molecular flexibility index (Phi) is 10.5. The van der Waals surface area contributed by atoms with Gasteiger partial charge >= 0.3 is 0 Å². The average Bonchev–Trinajstić information content (AvgIpc) is 2.37. The van der Waals surface area contributed by atoms with Crippen molar-refractivity contribution in [1.29, 1.82) is 0 Å². The predicted octanol–water partition coefficient (Wildman–Crippen LogP) is 3.92. The van der Waals surface area contributed by atoms with Crippen molar-refractivity contribution in [2.45, 2.75) is 52.6 Å². The van der Waals surface area contributed by atoms with E-state index >= 15 is 0 Å². The van der Waals surface area contributed by atoms with Gasteiger partial charge in [-0.3, -0.25) is 0 Å². The Morgan fingerprint density at radius 2 is 1.80 bits per heavy atom. The van der Waals surface area contributed by atoms with E-state index in [2.05, 4.69) is 43.2 Å². The molecule has 1 atom stereocenters. The molecule has 0 saturated carbocycles. The summed E-state index contributed by atoms with van der Waals surface area (Å²) in [4.78, 5) is 4.36. The molecule has 0 aliphatic carbocycles. The first kappa shape index (κ1) is 19.2. The molecule has 114 valence electrons. The summed E-state index contributed by atoms with van der Waals surface area (Å²) in [5, 5.41) is 3.25. The molecule has 4 heteroatoms. The van der Waals surface area contributed by atoms with Gasteiger partial charge in [0, 0.05) is 6.04 Å². The molecule has 0 heterocycles. The molecule has 3 N–H and O–H groups in total. The number of hydrogen-bond acceptors (Lipinski definition) is 1. The summed E-state index contributed by atoms with van der Waals surface area (Å²) in [6.45, 7) is 7.31. The Morgan fingerprint density at radius 1 is 1.15 bits per heavy atom. The van der Waals surface area contributed by atoms with E-state index in [1.54, 1.807) is 0 Å². The number of nitrogens with two attached hydrogens (primary N) is 1. The number of aliphatic imine (C=N–C) groups is 1. The second-order valence-corrected chi connectivity index (χ2v) is 5.56. The van der Waals surface area contributed by atoms with Crippen molar-refractivity contribution in [3.05, 3.63) is 35.9 Å². The molecule has 0 aliphatic rings. The number of nitrogens with zero attached hydrogens (tertiary/aromatic N) is 1. The summed E-state index contributed by atoms with van der Waals surface area (Å²) >= 11 is 0. The van der Waals surface area contributed by atoms with Gasteiger partial charge in [0.15, 0.2) is 5.96 Å². The van der Waals surface area contributed by atoms with E-state index in [9.17, 15) is 0 Å². The van der Waals surface area contributed by atoms with Crippen molar-refractivity contribution in [3.63, 3.8) is 0 Å². The highest BCUT2D eigenvalue weighted by atomic mass is 127. The fourth-order valence-electron chi connectivity index (χ4n) is 1.96. The molecule has 1 rings (SSSR count). The van der Waals surface area contributed by atoms with Crippen LogP contribution in [0.5, 0.6) is 0 Å². The zero-order chi connectivity index (χ0) is 14.1. The maximum Gasteiger partial charge on any atom is 0.189 e. The molecular formula is C16H28IN3. The number of rotatable bonds is 7. The maximum atomic E-state index is 5.89. The van der Waals surface area contributed by atoms with Crippen LogP contribution < -0.4 is 11.1 Å². The molecule has 0 aromatic heterocycles. The number of nitrogens with one attached hydrogen (secondary N) is 1. The van der Waals surface area contributed by atoms with Crippen LogP contribution in [0.1, 0.15) is 45.6 Å². The van der Waals surface area contributed by atoms with Gasteiger partial charge in [-0.2, -0.15) is 0 Å². The molecule has 0 amide bonds. The molecule has 20 heavy (non-hydrogen) atoms. The van der Waals surface area contributed by atoms with Gasteiger partial charge < -0.3 is 11.1 Å². The number of hydrogen-bond donors (Lipinski definition) is 2. The normalized spacial score (nSPS) is 12.9. The van der Waals surface area contributed by atoms with E-state index in [-0.39, 0.29) is 24.0 Å². The second-order valence-electron chi connectivity index (χ2n) is 5.56. The van der Waals surface area contributed by atoms with Crippen LogP contribution in [0.15, 0.2) is 35.3 Å². The summed E-state index contributed by atoms with van der Waals surface area (Å²) in [5.41, 5.74) is 7.07. The third-order valence-corrected chi connectivity index (χ3v) is 3.09. The van der Waals surface area contributed by atoms with Gasteiger partial charge in [0.05, 0.1) is 6.54 Å². The first-order valence-corrected chi connectivity index (χ1v) is 7.18. The molecule has 0 aliphatic heterocycles. The topological polar surface area (TPSA) is 50.4 Å². The Labute approximate surface area is 140 Å². The quantitative estimate of drug-likeness (QED) is 0.422. The Bertz CT molecular complexity index is 377. The lowest BCUT2D eigenvalue weighted by atomic mass is 10.0. The summed E-state index contributed by atoms with van der Waals surface area (Å²) in [7, 11) is 0. The van der Waals surface area contributed by atoms with Gasteiger partial charge in [-0.05, 0) is 24.8 Å². The van der Waals surface area contributed by atoms with Crippen LogP contribution in [-0.4, -0.2) is 12.0 Å². The van der Waals surface area contributed by atoms with Gasteiger partial charge in [0.2, 0.25) is 0 Å². The Morgan fingerprint density at radius 3 is 2.40 bits per heavy atom. The van der Waals surface area contributed by atoms with E-state index < -0.39 is 0 Å². The molecule has 3 nitrogen and oxygen atoms in total. The maximum absolute atomic E-state index is 5.89. The molecule has 0 saturated heterocycles. The SMILES string of the molecule is CC(C)CCCC(C)NC(N)=NCc1ccccc1.I. The summed E-state index contributed by atoms with van der Waals surface area (Å²) in [6.07, 6.45) is 3.64. The number of halogens is 1. The van der Waals surface area contributed by atoms with Gasteiger partial charge in [0.25, 0.3) is 0 Å². The van der Waals surface area contributed by atoms with Crippen molar-refractivity contribution in [2.24, 2.45) is 16.6 Å². The fourth-order valence-corrected chi connectivity index (χ4v) is 1.96. The third-order valence-electron chi connectivity index (χ3n) is 3.09. The lowest BCUT2D eigenvalue weighted by molar-refractivity contribution is 0.493. The molecule has 1 aromatic rings. The zero-order valence-electron chi connectivity index (χ0n) is 12.8. The molecule has 0 spiro atoms. The van der Waals surface area contributed by atoms with Crippen LogP contribution in [0, 0.1) is 5.92 Å². The highest BCUT2D eigenvalue weighted by Gasteiger charge is 2.03. The number of guanidine groups is 1. The molecule has 1 aromatic carbocycles. The Balaban J connectivity index is 0.00000361. The highest BCUT2D eigenvalue weighted by Crippen LogP contribution is 2.08. The van der Waals surface area contributed by atoms with Crippen molar-refractivity contribution < 1.29 is 0 Å². The van der Waals surface area contributed by atoms with Crippen molar-refractivity contribution >= 4 is 29.9 Å². The van der Waals surface area contributed by atoms with Gasteiger partial charge in [-0.1, -0.05) is 57.0 Å². The minimum atomic E-state index is 0. The largest absolute Gasteiger partial charge is 0.370 e. The van der Waals surface area contributed by atoms with Crippen LogP contribution in [0.25, 0.3) is 0 Å². The summed E-state index contributed by atoms with van der Waals surface area (Å²) in [5.74, 6) is 1.32. The van der Waals surface area contributed by atoms with Crippen molar-refractivity contribution in [1.82, 2.24) is 5.32 Å². The fraction of sp³-hybridized carbons (Fsp3) is 0.562. The van der Waals surface area contributed by atoms with E-state index in [1.165, 1.54) is 18.4 Å².